The standard InChI is InChI=1S/C13H16N4O2/c1-8(13(18)19)9-5-17(6-9)12-11-10(3-4-14-12)16(2)7-15-11/h3-4,7-9H,5-6H2,1-2H3,(H,18,19). The molecule has 3 rings (SSSR count). The van der Waals surface area contributed by atoms with Gasteiger partial charge in [0.15, 0.2) is 5.82 Å². The fraction of sp³-hybridized carbons (Fsp3) is 0.462. The molecule has 0 aliphatic carbocycles. The highest BCUT2D eigenvalue weighted by Crippen LogP contribution is 2.31. The van der Waals surface area contributed by atoms with Gasteiger partial charge in [0.1, 0.15) is 5.52 Å². The van der Waals surface area contributed by atoms with Crippen LogP contribution < -0.4 is 4.90 Å². The number of anilines is 1. The van der Waals surface area contributed by atoms with Gasteiger partial charge in [-0.05, 0) is 6.07 Å². The van der Waals surface area contributed by atoms with E-state index in [0.717, 1.165) is 29.9 Å². The molecule has 3 heterocycles. The third-order valence-corrected chi connectivity index (χ3v) is 3.93. The van der Waals surface area contributed by atoms with E-state index in [4.69, 9.17) is 5.11 Å². The van der Waals surface area contributed by atoms with Gasteiger partial charge in [0, 0.05) is 32.3 Å². The summed E-state index contributed by atoms with van der Waals surface area (Å²) in [4.78, 5) is 21.8. The summed E-state index contributed by atoms with van der Waals surface area (Å²) in [5.74, 6) is 0.0121. The monoisotopic (exact) mass is 260 g/mol. The van der Waals surface area contributed by atoms with E-state index >= 15 is 0 Å². The number of imidazole rings is 1. The molecule has 1 aliphatic heterocycles. The summed E-state index contributed by atoms with van der Waals surface area (Å²) in [7, 11) is 1.95. The first-order valence-electron chi connectivity index (χ1n) is 6.31. The van der Waals surface area contributed by atoms with Crippen LogP contribution in [0.5, 0.6) is 0 Å². The number of hydrogen-bond acceptors (Lipinski definition) is 4. The van der Waals surface area contributed by atoms with Gasteiger partial charge in [-0.3, -0.25) is 4.79 Å². The summed E-state index contributed by atoms with van der Waals surface area (Å²) in [6, 6.07) is 1.93. The predicted octanol–water partition coefficient (Wildman–Crippen LogP) is 1.13. The molecule has 2 aromatic rings. The normalized spacial score (nSPS) is 17.5. The number of carbonyl (C=O) groups is 1. The topological polar surface area (TPSA) is 71.2 Å². The maximum Gasteiger partial charge on any atom is 0.306 e. The van der Waals surface area contributed by atoms with E-state index in [1.807, 2.05) is 17.7 Å². The second-order valence-electron chi connectivity index (χ2n) is 5.15. The molecule has 1 unspecified atom stereocenters. The highest BCUT2D eigenvalue weighted by molar-refractivity contribution is 5.86. The van der Waals surface area contributed by atoms with E-state index in [1.54, 1.807) is 19.4 Å². The van der Waals surface area contributed by atoms with Gasteiger partial charge < -0.3 is 14.6 Å². The maximum atomic E-state index is 10.9. The van der Waals surface area contributed by atoms with E-state index in [-0.39, 0.29) is 11.8 Å². The zero-order valence-electron chi connectivity index (χ0n) is 10.9. The molecule has 1 N–H and O–H groups in total. The Balaban J connectivity index is 1.82. The van der Waals surface area contributed by atoms with E-state index in [0.29, 0.717) is 0 Å². The van der Waals surface area contributed by atoms with Crippen molar-refractivity contribution in [2.75, 3.05) is 18.0 Å². The number of rotatable bonds is 3. The van der Waals surface area contributed by atoms with Gasteiger partial charge in [0.25, 0.3) is 0 Å². The first-order valence-corrected chi connectivity index (χ1v) is 6.31. The fourth-order valence-corrected chi connectivity index (χ4v) is 2.48. The molecule has 1 atom stereocenters. The molecule has 19 heavy (non-hydrogen) atoms. The van der Waals surface area contributed by atoms with Crippen molar-refractivity contribution in [1.82, 2.24) is 14.5 Å². The molecule has 1 saturated heterocycles. The number of hydrogen-bond donors (Lipinski definition) is 1. The van der Waals surface area contributed by atoms with Gasteiger partial charge in [-0.25, -0.2) is 9.97 Å². The Labute approximate surface area is 110 Å². The third kappa shape index (κ3) is 1.83. The number of fused-ring (bicyclic) bond motifs is 1. The number of aryl methyl sites for hydroxylation is 1. The SMILES string of the molecule is CC(C(=O)O)C1CN(c2nccc3c2ncn3C)C1. The van der Waals surface area contributed by atoms with Crippen LogP contribution in [0.3, 0.4) is 0 Å². The van der Waals surface area contributed by atoms with Gasteiger partial charge in [-0.15, -0.1) is 0 Å². The lowest BCUT2D eigenvalue weighted by atomic mass is 9.87. The quantitative estimate of drug-likeness (QED) is 0.895. The number of aromatic nitrogens is 3. The van der Waals surface area contributed by atoms with Crippen molar-refractivity contribution in [2.45, 2.75) is 6.92 Å². The van der Waals surface area contributed by atoms with Crippen molar-refractivity contribution in [3.05, 3.63) is 18.6 Å². The van der Waals surface area contributed by atoms with Crippen LogP contribution in [0.15, 0.2) is 18.6 Å². The van der Waals surface area contributed by atoms with E-state index in [2.05, 4.69) is 14.9 Å². The lowest BCUT2D eigenvalue weighted by molar-refractivity contribution is -0.143. The van der Waals surface area contributed by atoms with Crippen LogP contribution in [-0.2, 0) is 11.8 Å². The average molecular weight is 260 g/mol. The summed E-state index contributed by atoms with van der Waals surface area (Å²) in [6.07, 6.45) is 3.54. The van der Waals surface area contributed by atoms with Crippen LogP contribution in [-0.4, -0.2) is 38.7 Å². The number of pyridine rings is 1. The first-order chi connectivity index (χ1) is 9.08. The molecule has 6 nitrogen and oxygen atoms in total. The Morgan fingerprint density at radius 2 is 2.21 bits per heavy atom. The summed E-state index contributed by atoms with van der Waals surface area (Å²) < 4.78 is 1.96. The Bertz CT molecular complexity index is 631. The van der Waals surface area contributed by atoms with Crippen LogP contribution in [0, 0.1) is 11.8 Å². The summed E-state index contributed by atoms with van der Waals surface area (Å²) in [5, 5.41) is 9.00. The Morgan fingerprint density at radius 3 is 2.89 bits per heavy atom. The average Bonchev–Trinajstić information content (AvgIpc) is 2.70. The smallest absolute Gasteiger partial charge is 0.306 e. The van der Waals surface area contributed by atoms with Crippen molar-refractivity contribution in [3.63, 3.8) is 0 Å². The molecule has 100 valence electrons. The van der Waals surface area contributed by atoms with E-state index < -0.39 is 5.97 Å². The maximum absolute atomic E-state index is 10.9. The fourth-order valence-electron chi connectivity index (χ4n) is 2.48. The lowest BCUT2D eigenvalue weighted by Gasteiger charge is -2.42. The molecule has 0 spiro atoms. The molecule has 0 aromatic carbocycles. The zero-order valence-corrected chi connectivity index (χ0v) is 10.9. The van der Waals surface area contributed by atoms with Crippen LogP contribution in [0.4, 0.5) is 5.82 Å². The second-order valence-corrected chi connectivity index (χ2v) is 5.15. The van der Waals surface area contributed by atoms with Gasteiger partial charge in [-0.1, -0.05) is 6.92 Å². The molecular weight excluding hydrogens is 244 g/mol. The summed E-state index contributed by atoms with van der Waals surface area (Å²) >= 11 is 0. The first kappa shape index (κ1) is 12.0. The zero-order chi connectivity index (χ0) is 13.6. The lowest BCUT2D eigenvalue weighted by Crippen LogP contribution is -2.51. The van der Waals surface area contributed by atoms with E-state index in [9.17, 15) is 4.79 Å². The number of nitrogens with zero attached hydrogens (tertiary/aromatic N) is 4. The minimum absolute atomic E-state index is 0.193. The number of carboxylic acid groups (broad SMARTS) is 1. The summed E-state index contributed by atoms with van der Waals surface area (Å²) in [6.45, 7) is 3.23. The molecule has 0 bridgehead atoms. The van der Waals surface area contributed by atoms with Crippen molar-refractivity contribution in [3.8, 4) is 0 Å². The molecule has 2 aromatic heterocycles. The van der Waals surface area contributed by atoms with Crippen molar-refractivity contribution in [1.29, 1.82) is 0 Å². The number of carboxylic acids is 1. The molecule has 1 fully saturated rings. The highest BCUT2D eigenvalue weighted by Gasteiger charge is 2.36. The largest absolute Gasteiger partial charge is 0.481 e. The highest BCUT2D eigenvalue weighted by atomic mass is 16.4. The molecular formula is C13H16N4O2. The van der Waals surface area contributed by atoms with Crippen LogP contribution in [0.1, 0.15) is 6.92 Å². The van der Waals surface area contributed by atoms with Gasteiger partial charge in [0.2, 0.25) is 0 Å². The van der Waals surface area contributed by atoms with Crippen LogP contribution in [0.25, 0.3) is 11.0 Å². The van der Waals surface area contributed by atoms with Crippen molar-refractivity contribution < 1.29 is 9.90 Å². The molecule has 0 radical (unpaired) electrons. The van der Waals surface area contributed by atoms with E-state index in [1.165, 1.54) is 0 Å². The molecule has 1 aliphatic rings. The Kier molecular flexibility index (Phi) is 2.66. The predicted molar refractivity (Wildman–Crippen MR) is 71.0 cm³/mol. The minimum Gasteiger partial charge on any atom is -0.481 e. The Hall–Kier alpha value is -2.11. The van der Waals surface area contributed by atoms with Gasteiger partial charge in [-0.2, -0.15) is 0 Å². The molecule has 6 heteroatoms. The van der Waals surface area contributed by atoms with Crippen LogP contribution >= 0.6 is 0 Å². The van der Waals surface area contributed by atoms with Gasteiger partial charge >= 0.3 is 5.97 Å². The molecule has 0 saturated carbocycles. The third-order valence-electron chi connectivity index (χ3n) is 3.93. The van der Waals surface area contributed by atoms with Crippen molar-refractivity contribution in [2.24, 2.45) is 18.9 Å². The number of aliphatic carboxylic acids is 1. The second kappa shape index (κ2) is 4.22. The van der Waals surface area contributed by atoms with Crippen LogP contribution in [0.2, 0.25) is 0 Å². The summed E-state index contributed by atoms with van der Waals surface area (Å²) in [5.41, 5.74) is 1.92. The van der Waals surface area contributed by atoms with Gasteiger partial charge in [0.05, 0.1) is 17.8 Å². The molecule has 0 amide bonds. The van der Waals surface area contributed by atoms with Crippen molar-refractivity contribution >= 4 is 22.8 Å². The Morgan fingerprint density at radius 1 is 1.47 bits per heavy atom. The minimum atomic E-state index is -0.728.